The van der Waals surface area contributed by atoms with Crippen LogP contribution < -0.4 is 5.56 Å². The number of carbonyl (C=O) groups is 1. The van der Waals surface area contributed by atoms with E-state index in [-0.39, 0.29) is 17.1 Å². The van der Waals surface area contributed by atoms with Crippen molar-refractivity contribution in [1.29, 1.82) is 5.26 Å². The first-order valence-corrected chi connectivity index (χ1v) is 7.54. The van der Waals surface area contributed by atoms with Gasteiger partial charge in [-0.15, -0.1) is 22.7 Å². The average molecular weight is 316 g/mol. The van der Waals surface area contributed by atoms with E-state index < -0.39 is 5.56 Å². The lowest BCUT2D eigenvalue weighted by atomic mass is 10.2. The van der Waals surface area contributed by atoms with E-state index in [1.54, 1.807) is 18.2 Å². The first kappa shape index (κ1) is 13.5. The summed E-state index contributed by atoms with van der Waals surface area (Å²) >= 11 is 2.65. The number of rotatable bonds is 2. The normalized spacial score (nSPS) is 10.7. The highest BCUT2D eigenvalue weighted by Crippen LogP contribution is 2.39. The fraction of sp³-hybridized carbons (Fsp3) is 0.0714. The van der Waals surface area contributed by atoms with Crippen LogP contribution in [-0.4, -0.2) is 15.9 Å². The SMILES string of the molecule is CC(=O)c1ccc(-c2cc3c(O)c(C#N)c(=O)[nH]c3s2)s1. The molecule has 3 heterocycles. The second-order valence-corrected chi connectivity index (χ2v) is 6.50. The molecule has 0 radical (unpaired) electrons. The number of nitrogens with zero attached hydrogens (tertiary/aromatic N) is 1. The molecule has 0 aliphatic carbocycles. The zero-order valence-corrected chi connectivity index (χ0v) is 12.4. The van der Waals surface area contributed by atoms with Crippen LogP contribution in [0.4, 0.5) is 0 Å². The Morgan fingerprint density at radius 3 is 2.71 bits per heavy atom. The van der Waals surface area contributed by atoms with Gasteiger partial charge in [0.25, 0.3) is 5.56 Å². The molecule has 0 unspecified atom stereocenters. The number of hydrogen-bond acceptors (Lipinski definition) is 6. The predicted octanol–water partition coefficient (Wildman–Crippen LogP) is 3.10. The van der Waals surface area contributed by atoms with E-state index in [1.165, 1.54) is 29.6 Å². The van der Waals surface area contributed by atoms with Crippen molar-refractivity contribution in [3.05, 3.63) is 39.0 Å². The maximum Gasteiger partial charge on any atom is 0.270 e. The van der Waals surface area contributed by atoms with Gasteiger partial charge in [-0.25, -0.2) is 0 Å². The van der Waals surface area contributed by atoms with Crippen molar-refractivity contribution < 1.29 is 9.90 Å². The highest BCUT2D eigenvalue weighted by Gasteiger charge is 2.16. The number of nitriles is 1. The number of aromatic nitrogens is 1. The summed E-state index contributed by atoms with van der Waals surface area (Å²) in [6.45, 7) is 1.50. The fourth-order valence-electron chi connectivity index (χ4n) is 1.95. The largest absolute Gasteiger partial charge is 0.506 e. The smallest absolute Gasteiger partial charge is 0.270 e. The number of ketones is 1. The van der Waals surface area contributed by atoms with E-state index in [4.69, 9.17) is 5.26 Å². The third-order valence-electron chi connectivity index (χ3n) is 2.99. The predicted molar refractivity (Wildman–Crippen MR) is 82.1 cm³/mol. The number of aromatic hydroxyl groups is 1. The van der Waals surface area contributed by atoms with Gasteiger partial charge in [0.1, 0.15) is 16.6 Å². The Kier molecular flexibility index (Phi) is 3.12. The lowest BCUT2D eigenvalue weighted by molar-refractivity contribution is 0.102. The number of thiophene rings is 2. The summed E-state index contributed by atoms with van der Waals surface area (Å²) in [6, 6.07) is 6.97. The summed E-state index contributed by atoms with van der Waals surface area (Å²) in [5.41, 5.74) is -0.894. The third kappa shape index (κ3) is 2.14. The molecular weight excluding hydrogens is 308 g/mol. The number of aromatic amines is 1. The second-order valence-electron chi connectivity index (χ2n) is 4.36. The maximum absolute atomic E-state index is 11.7. The van der Waals surface area contributed by atoms with Crippen molar-refractivity contribution >= 4 is 38.7 Å². The van der Waals surface area contributed by atoms with Crippen molar-refractivity contribution in [3.63, 3.8) is 0 Å². The third-order valence-corrected chi connectivity index (χ3v) is 5.42. The molecule has 3 aromatic heterocycles. The molecule has 3 aromatic rings. The van der Waals surface area contributed by atoms with Crippen LogP contribution in [0.2, 0.25) is 0 Å². The minimum atomic E-state index is -0.605. The number of Topliss-reactive ketones (excluding diaryl/α,β-unsaturated/α-hetero) is 1. The summed E-state index contributed by atoms with van der Waals surface area (Å²) in [5.74, 6) is -0.308. The lowest BCUT2D eigenvalue weighted by Crippen LogP contribution is -2.08. The van der Waals surface area contributed by atoms with Crippen LogP contribution in [0.25, 0.3) is 20.0 Å². The summed E-state index contributed by atoms with van der Waals surface area (Å²) in [7, 11) is 0. The van der Waals surface area contributed by atoms with Gasteiger partial charge >= 0.3 is 0 Å². The van der Waals surface area contributed by atoms with Crippen LogP contribution in [-0.2, 0) is 0 Å². The Morgan fingerprint density at radius 1 is 1.33 bits per heavy atom. The molecular formula is C14H8N2O3S2. The lowest BCUT2D eigenvalue weighted by Gasteiger charge is -1.95. The number of carbonyl (C=O) groups excluding carboxylic acids is 1. The first-order valence-electron chi connectivity index (χ1n) is 5.91. The quantitative estimate of drug-likeness (QED) is 0.710. The summed E-state index contributed by atoms with van der Waals surface area (Å²) < 4.78 is 0. The first-order chi connectivity index (χ1) is 10.0. The zero-order chi connectivity index (χ0) is 15.1. The standard InChI is InChI=1S/C14H8N2O3S2/c1-6(17)9-2-3-10(20-9)11-4-7-12(18)8(5-15)13(19)16-14(7)21-11/h2-4H,1H3,(H2,16,18,19). The number of H-pyrrole nitrogens is 1. The molecule has 0 saturated carbocycles. The Labute approximate surface area is 126 Å². The molecule has 104 valence electrons. The van der Waals surface area contributed by atoms with Crippen molar-refractivity contribution in [1.82, 2.24) is 4.98 Å². The van der Waals surface area contributed by atoms with Crippen LogP contribution in [0.5, 0.6) is 5.75 Å². The molecule has 0 spiro atoms. The molecule has 0 aromatic carbocycles. The molecule has 0 fully saturated rings. The Hall–Kier alpha value is -2.43. The van der Waals surface area contributed by atoms with Crippen LogP contribution in [0.15, 0.2) is 23.0 Å². The van der Waals surface area contributed by atoms with Crippen molar-refractivity contribution in [2.45, 2.75) is 6.92 Å². The number of nitrogens with one attached hydrogen (secondary N) is 1. The number of fused-ring (bicyclic) bond motifs is 1. The van der Waals surface area contributed by atoms with E-state index in [0.29, 0.717) is 15.1 Å². The molecule has 2 N–H and O–H groups in total. The molecule has 0 saturated heterocycles. The van der Waals surface area contributed by atoms with Crippen molar-refractivity contribution in [2.75, 3.05) is 0 Å². The molecule has 0 aliphatic heterocycles. The Bertz CT molecular complexity index is 972. The van der Waals surface area contributed by atoms with Crippen LogP contribution in [0, 0.1) is 11.3 Å². The van der Waals surface area contributed by atoms with Gasteiger partial charge < -0.3 is 10.1 Å². The van der Waals surface area contributed by atoms with Crippen LogP contribution in [0.1, 0.15) is 22.2 Å². The molecule has 5 nitrogen and oxygen atoms in total. The van der Waals surface area contributed by atoms with E-state index in [2.05, 4.69) is 4.98 Å². The fourth-order valence-corrected chi connectivity index (χ4v) is 3.99. The molecule has 7 heteroatoms. The second kappa shape index (κ2) is 4.84. The van der Waals surface area contributed by atoms with Gasteiger partial charge in [0.2, 0.25) is 0 Å². The maximum atomic E-state index is 11.7. The molecule has 0 aliphatic rings. The summed E-state index contributed by atoms with van der Waals surface area (Å²) in [5, 5.41) is 19.3. The minimum absolute atomic E-state index is 0.00428. The van der Waals surface area contributed by atoms with Gasteiger partial charge in [-0.3, -0.25) is 9.59 Å². The molecule has 21 heavy (non-hydrogen) atoms. The Balaban J connectivity index is 2.22. The molecule has 0 amide bonds. The molecule has 0 atom stereocenters. The van der Waals surface area contributed by atoms with Crippen LogP contribution in [0.3, 0.4) is 0 Å². The average Bonchev–Trinajstić information content (AvgIpc) is 3.04. The highest BCUT2D eigenvalue weighted by molar-refractivity contribution is 7.26. The van der Waals surface area contributed by atoms with Gasteiger partial charge in [0, 0.05) is 9.75 Å². The summed E-state index contributed by atoms with van der Waals surface area (Å²) in [6.07, 6.45) is 0. The van der Waals surface area contributed by atoms with Gasteiger partial charge in [-0.2, -0.15) is 5.26 Å². The highest BCUT2D eigenvalue weighted by atomic mass is 32.1. The van der Waals surface area contributed by atoms with Gasteiger partial charge in [-0.1, -0.05) is 0 Å². The van der Waals surface area contributed by atoms with Gasteiger partial charge in [0.05, 0.1) is 10.3 Å². The van der Waals surface area contributed by atoms with Gasteiger partial charge in [-0.05, 0) is 25.1 Å². The minimum Gasteiger partial charge on any atom is -0.506 e. The van der Waals surface area contributed by atoms with E-state index in [1.807, 2.05) is 6.07 Å². The molecule has 0 bridgehead atoms. The van der Waals surface area contributed by atoms with Crippen LogP contribution >= 0.6 is 22.7 Å². The van der Waals surface area contributed by atoms with Crippen molar-refractivity contribution in [3.8, 4) is 21.6 Å². The number of pyridine rings is 1. The number of hydrogen-bond donors (Lipinski definition) is 2. The zero-order valence-electron chi connectivity index (χ0n) is 10.8. The Morgan fingerprint density at radius 2 is 2.10 bits per heavy atom. The summed E-state index contributed by atoms with van der Waals surface area (Å²) in [4.78, 5) is 28.4. The van der Waals surface area contributed by atoms with E-state index in [0.717, 1.165) is 9.75 Å². The van der Waals surface area contributed by atoms with E-state index >= 15 is 0 Å². The van der Waals surface area contributed by atoms with Crippen molar-refractivity contribution in [2.24, 2.45) is 0 Å². The topological polar surface area (TPSA) is 93.9 Å². The van der Waals surface area contributed by atoms with E-state index in [9.17, 15) is 14.7 Å². The van der Waals surface area contributed by atoms with Gasteiger partial charge in [0.15, 0.2) is 11.3 Å². The molecule has 3 rings (SSSR count). The monoisotopic (exact) mass is 316 g/mol.